The van der Waals surface area contributed by atoms with Crippen molar-refractivity contribution in [3.63, 3.8) is 0 Å². The molecule has 2 heterocycles. The van der Waals surface area contributed by atoms with Gasteiger partial charge in [0.1, 0.15) is 5.70 Å². The Balaban J connectivity index is 1.78. The third-order valence-electron chi connectivity index (χ3n) is 5.40. The van der Waals surface area contributed by atoms with Gasteiger partial charge in [0.2, 0.25) is 11.8 Å². The van der Waals surface area contributed by atoms with E-state index in [9.17, 15) is 24.6 Å². The number of carboxylic acid groups (broad SMARTS) is 1. The van der Waals surface area contributed by atoms with E-state index in [-0.39, 0.29) is 17.6 Å². The molecule has 7 heteroatoms. The van der Waals surface area contributed by atoms with E-state index < -0.39 is 23.9 Å². The van der Waals surface area contributed by atoms with Crippen LogP contribution in [-0.2, 0) is 9.59 Å². The molecule has 0 bridgehead atoms. The van der Waals surface area contributed by atoms with Crippen molar-refractivity contribution in [2.45, 2.75) is 25.5 Å². The molecule has 2 aliphatic heterocycles. The number of fused-ring (bicyclic) bond motifs is 2. The molecule has 138 valence electrons. The minimum absolute atomic E-state index is 0.0185. The van der Waals surface area contributed by atoms with E-state index in [1.54, 1.807) is 37.3 Å². The number of benzene rings is 2. The maximum atomic E-state index is 12.3. The minimum Gasteiger partial charge on any atom is -0.477 e. The maximum absolute atomic E-state index is 12.3. The fourth-order valence-electron chi connectivity index (χ4n) is 4.11. The van der Waals surface area contributed by atoms with Gasteiger partial charge >= 0.3 is 5.97 Å². The van der Waals surface area contributed by atoms with E-state index in [0.717, 1.165) is 10.8 Å². The zero-order valence-corrected chi connectivity index (χ0v) is 14.5. The van der Waals surface area contributed by atoms with Crippen LogP contribution in [0.4, 0.5) is 0 Å². The largest absolute Gasteiger partial charge is 0.477 e. The van der Waals surface area contributed by atoms with Crippen molar-refractivity contribution >= 4 is 34.1 Å². The molecule has 4 N–H and O–H groups in total. The summed E-state index contributed by atoms with van der Waals surface area (Å²) in [6.45, 7) is 1.55. The highest BCUT2D eigenvalue weighted by Gasteiger charge is 2.56. The van der Waals surface area contributed by atoms with E-state index in [0.29, 0.717) is 23.1 Å². The van der Waals surface area contributed by atoms with E-state index in [1.807, 2.05) is 6.07 Å². The summed E-state index contributed by atoms with van der Waals surface area (Å²) in [6.07, 6.45) is -0.439. The molecule has 0 radical (unpaired) electrons. The molecule has 1 fully saturated rings. The smallest absolute Gasteiger partial charge is 0.352 e. The number of aliphatic hydroxyl groups excluding tert-OH is 1. The van der Waals surface area contributed by atoms with Crippen LogP contribution in [0.2, 0.25) is 0 Å². The van der Waals surface area contributed by atoms with Gasteiger partial charge in [-0.25, -0.2) is 4.79 Å². The standard InChI is InChI=1S/C20H18N2O5/c1-9(23)16-15-8-14(17(20(26)27)22(15)19(16)25)12-4-2-11-7-13(18(21)24)5-3-10(11)6-12/h2-7,9,15-16,23H,8H2,1H3,(H2,21,24)(H,26,27)/t9-,15-,16-/m1/s1. The number of primary amides is 1. The van der Waals surface area contributed by atoms with Crippen LogP contribution in [0.25, 0.3) is 16.3 Å². The number of β-lactam (4-membered cyclic amide) rings is 1. The number of amides is 2. The number of hydrogen-bond acceptors (Lipinski definition) is 4. The maximum Gasteiger partial charge on any atom is 0.352 e. The van der Waals surface area contributed by atoms with Crippen molar-refractivity contribution in [2.75, 3.05) is 0 Å². The number of carbonyl (C=O) groups excluding carboxylic acids is 2. The van der Waals surface area contributed by atoms with Crippen LogP contribution < -0.4 is 5.73 Å². The lowest BCUT2D eigenvalue weighted by Crippen LogP contribution is -2.61. The van der Waals surface area contributed by atoms with E-state index in [4.69, 9.17) is 5.73 Å². The first-order chi connectivity index (χ1) is 12.8. The van der Waals surface area contributed by atoms with Gasteiger partial charge in [-0.05, 0) is 53.5 Å². The fraction of sp³-hybridized carbons (Fsp3) is 0.250. The van der Waals surface area contributed by atoms with Gasteiger partial charge in [0.25, 0.3) is 0 Å². The molecule has 27 heavy (non-hydrogen) atoms. The Morgan fingerprint density at radius 2 is 1.85 bits per heavy atom. The molecule has 2 aromatic rings. The van der Waals surface area contributed by atoms with Crippen molar-refractivity contribution in [1.29, 1.82) is 0 Å². The van der Waals surface area contributed by atoms with Crippen LogP contribution in [0.3, 0.4) is 0 Å². The Bertz CT molecular complexity index is 1040. The zero-order valence-electron chi connectivity index (χ0n) is 14.5. The summed E-state index contributed by atoms with van der Waals surface area (Å²) in [6, 6.07) is 10.1. The Kier molecular flexibility index (Phi) is 3.78. The van der Waals surface area contributed by atoms with Gasteiger partial charge in [-0.3, -0.25) is 9.59 Å². The Hall–Kier alpha value is -3.19. The molecule has 2 aromatic carbocycles. The van der Waals surface area contributed by atoms with E-state index in [2.05, 4.69) is 0 Å². The summed E-state index contributed by atoms with van der Waals surface area (Å²) in [5.41, 5.74) is 6.97. The van der Waals surface area contributed by atoms with Crippen LogP contribution >= 0.6 is 0 Å². The topological polar surface area (TPSA) is 121 Å². The number of hydrogen-bond donors (Lipinski definition) is 3. The number of carboxylic acids is 1. The first kappa shape index (κ1) is 17.2. The van der Waals surface area contributed by atoms with Crippen LogP contribution in [0.5, 0.6) is 0 Å². The van der Waals surface area contributed by atoms with Gasteiger partial charge in [-0.2, -0.15) is 0 Å². The zero-order chi connectivity index (χ0) is 19.5. The molecule has 2 aliphatic rings. The Morgan fingerprint density at radius 1 is 1.19 bits per heavy atom. The Labute approximate surface area is 154 Å². The van der Waals surface area contributed by atoms with Crippen molar-refractivity contribution in [3.05, 3.63) is 53.2 Å². The highest BCUT2D eigenvalue weighted by atomic mass is 16.4. The second-order valence-electron chi connectivity index (χ2n) is 7.02. The lowest BCUT2D eigenvalue weighted by molar-refractivity contribution is -0.161. The van der Waals surface area contributed by atoms with Crippen LogP contribution in [0.15, 0.2) is 42.1 Å². The van der Waals surface area contributed by atoms with Crippen LogP contribution in [0.1, 0.15) is 29.3 Å². The van der Waals surface area contributed by atoms with Crippen molar-refractivity contribution in [2.24, 2.45) is 11.7 Å². The van der Waals surface area contributed by atoms with Gasteiger partial charge in [-0.1, -0.05) is 18.2 Å². The first-order valence-corrected chi connectivity index (χ1v) is 8.61. The van der Waals surface area contributed by atoms with Gasteiger partial charge in [0.05, 0.1) is 18.1 Å². The highest BCUT2D eigenvalue weighted by Crippen LogP contribution is 2.47. The normalized spacial score (nSPS) is 22.6. The molecule has 0 saturated carbocycles. The second-order valence-corrected chi connectivity index (χ2v) is 7.02. The van der Waals surface area contributed by atoms with Gasteiger partial charge in [0.15, 0.2) is 0 Å². The number of nitrogens with zero attached hydrogens (tertiary/aromatic N) is 1. The predicted octanol–water partition coefficient (Wildman–Crippen LogP) is 1.35. The molecule has 3 atom stereocenters. The lowest BCUT2D eigenvalue weighted by Gasteiger charge is -2.44. The minimum atomic E-state index is -1.16. The number of aliphatic carboxylic acids is 1. The number of aliphatic hydroxyl groups is 1. The summed E-state index contributed by atoms with van der Waals surface area (Å²) >= 11 is 0. The van der Waals surface area contributed by atoms with Crippen LogP contribution in [0, 0.1) is 5.92 Å². The predicted molar refractivity (Wildman–Crippen MR) is 97.4 cm³/mol. The fourth-order valence-corrected chi connectivity index (χ4v) is 4.11. The summed E-state index contributed by atoms with van der Waals surface area (Å²) in [5.74, 6) is -2.60. The Morgan fingerprint density at radius 3 is 2.48 bits per heavy atom. The molecule has 0 unspecified atom stereocenters. The third-order valence-corrected chi connectivity index (χ3v) is 5.40. The average molecular weight is 366 g/mol. The molecule has 1 saturated heterocycles. The van der Waals surface area contributed by atoms with Crippen molar-refractivity contribution in [1.82, 2.24) is 4.90 Å². The van der Waals surface area contributed by atoms with Gasteiger partial charge in [0, 0.05) is 5.56 Å². The SMILES string of the molecule is C[C@@H](O)[C@H]1C(=O)N2C(C(=O)O)=C(c3ccc4cc(C(N)=O)ccc4c3)C[C@H]12. The highest BCUT2D eigenvalue weighted by molar-refractivity contribution is 6.07. The quantitative estimate of drug-likeness (QED) is 0.705. The molecule has 4 rings (SSSR count). The van der Waals surface area contributed by atoms with Gasteiger partial charge in [-0.15, -0.1) is 0 Å². The first-order valence-electron chi connectivity index (χ1n) is 8.61. The summed E-state index contributed by atoms with van der Waals surface area (Å²) in [7, 11) is 0. The van der Waals surface area contributed by atoms with Crippen molar-refractivity contribution < 1.29 is 24.6 Å². The summed E-state index contributed by atoms with van der Waals surface area (Å²) in [5, 5.41) is 21.1. The second kappa shape index (κ2) is 5.92. The molecule has 0 spiro atoms. The average Bonchev–Trinajstić information content (AvgIpc) is 2.95. The molecule has 0 aliphatic carbocycles. The van der Waals surface area contributed by atoms with E-state index >= 15 is 0 Å². The molecule has 0 aromatic heterocycles. The van der Waals surface area contributed by atoms with E-state index in [1.165, 1.54) is 4.90 Å². The number of rotatable bonds is 4. The molecular formula is C20H18N2O5. The summed E-state index contributed by atoms with van der Waals surface area (Å²) < 4.78 is 0. The molecular weight excluding hydrogens is 348 g/mol. The molecule has 2 amide bonds. The number of nitrogens with two attached hydrogens (primary N) is 1. The number of carbonyl (C=O) groups is 3. The summed E-state index contributed by atoms with van der Waals surface area (Å²) in [4.78, 5) is 36.7. The molecule has 7 nitrogen and oxygen atoms in total. The lowest BCUT2D eigenvalue weighted by atomic mass is 9.82. The third kappa shape index (κ3) is 2.50. The van der Waals surface area contributed by atoms with Gasteiger partial charge < -0.3 is 20.8 Å². The monoisotopic (exact) mass is 366 g/mol. The van der Waals surface area contributed by atoms with Crippen LogP contribution in [-0.4, -0.2) is 45.0 Å². The van der Waals surface area contributed by atoms with Crippen molar-refractivity contribution in [3.8, 4) is 0 Å².